The summed E-state index contributed by atoms with van der Waals surface area (Å²) in [7, 11) is 0. The monoisotopic (exact) mass is 633 g/mol. The van der Waals surface area contributed by atoms with Gasteiger partial charge in [-0.2, -0.15) is 10.1 Å². The predicted octanol–water partition coefficient (Wildman–Crippen LogP) is 6.44. The number of aromatic nitrogens is 2. The summed E-state index contributed by atoms with van der Waals surface area (Å²) < 4.78 is 12.8. The first-order valence-corrected chi connectivity index (χ1v) is 16.4. The number of allylic oxidation sites excluding steroid dienone is 1. The number of amides is 1. The van der Waals surface area contributed by atoms with E-state index < -0.39 is 23.2 Å². The minimum absolute atomic E-state index is 0.275. The lowest BCUT2D eigenvalue weighted by molar-refractivity contribution is 0.0512. The Labute approximate surface area is 276 Å². The van der Waals surface area contributed by atoms with Crippen molar-refractivity contribution in [3.05, 3.63) is 130 Å². The second kappa shape index (κ2) is 13.5. The molecule has 9 nitrogen and oxygen atoms in total. The van der Waals surface area contributed by atoms with E-state index in [0.717, 1.165) is 45.6 Å². The van der Waals surface area contributed by atoms with Crippen LogP contribution in [0.2, 0.25) is 0 Å². The first kappa shape index (κ1) is 32.1. The highest BCUT2D eigenvalue weighted by molar-refractivity contribution is 5.91. The van der Waals surface area contributed by atoms with E-state index in [0.29, 0.717) is 38.2 Å². The fourth-order valence-electron chi connectivity index (χ4n) is 6.74. The van der Waals surface area contributed by atoms with Gasteiger partial charge < -0.3 is 20.2 Å². The van der Waals surface area contributed by atoms with E-state index in [1.807, 2.05) is 43.7 Å². The Bertz CT molecular complexity index is 1650. The van der Waals surface area contributed by atoms with E-state index in [-0.39, 0.29) is 6.61 Å². The number of hydrogen-bond donors (Lipinski definition) is 2. The van der Waals surface area contributed by atoms with Gasteiger partial charge in [-0.1, -0.05) is 91.0 Å². The topological polar surface area (TPSA) is 97.7 Å². The van der Waals surface area contributed by atoms with Gasteiger partial charge in [-0.3, -0.25) is 4.68 Å². The Hall–Kier alpha value is -4.89. The third-order valence-electron chi connectivity index (χ3n) is 8.58. The molecule has 1 aliphatic heterocycles. The number of nitrogens with one attached hydrogen (secondary N) is 2. The fraction of sp³-hybridized carbons (Fsp3) is 0.342. The number of rotatable bonds is 10. The molecular formula is C38H43N5O4. The normalized spacial score (nSPS) is 14.6. The van der Waals surface area contributed by atoms with Gasteiger partial charge in [0.05, 0.1) is 12.3 Å². The summed E-state index contributed by atoms with van der Waals surface area (Å²) in [6, 6.07) is 31.8. The first-order chi connectivity index (χ1) is 22.7. The summed E-state index contributed by atoms with van der Waals surface area (Å²) in [5.41, 5.74) is 10.5. The van der Waals surface area contributed by atoms with E-state index in [2.05, 4.69) is 88.5 Å². The maximum absolute atomic E-state index is 13.1. The molecule has 0 spiro atoms. The number of hydrazine groups is 1. The van der Waals surface area contributed by atoms with Crippen molar-refractivity contribution in [2.24, 2.45) is 0 Å². The number of aryl methyl sites for hydroxylation is 1. The lowest BCUT2D eigenvalue weighted by Crippen LogP contribution is -2.52. The number of carbonyl (C=O) groups is 2. The Kier molecular flexibility index (Phi) is 9.18. The van der Waals surface area contributed by atoms with Crippen LogP contribution < -0.4 is 10.7 Å². The summed E-state index contributed by atoms with van der Waals surface area (Å²) in [6.45, 7) is 9.09. The van der Waals surface area contributed by atoms with Crippen LogP contribution in [0.15, 0.2) is 96.7 Å². The van der Waals surface area contributed by atoms with Crippen molar-refractivity contribution in [2.75, 3.05) is 19.7 Å². The van der Waals surface area contributed by atoms with Crippen molar-refractivity contribution in [3.63, 3.8) is 0 Å². The number of esters is 1. The molecule has 2 heterocycles. The van der Waals surface area contributed by atoms with E-state index in [4.69, 9.17) is 14.6 Å². The Balaban J connectivity index is 1.38. The van der Waals surface area contributed by atoms with Gasteiger partial charge in [0.2, 0.25) is 0 Å². The quantitative estimate of drug-likeness (QED) is 0.118. The van der Waals surface area contributed by atoms with Crippen molar-refractivity contribution < 1.29 is 19.1 Å². The molecule has 1 amide bonds. The summed E-state index contributed by atoms with van der Waals surface area (Å²) in [6.07, 6.45) is 1.56. The van der Waals surface area contributed by atoms with Crippen molar-refractivity contribution >= 4 is 17.6 Å². The second-order valence-corrected chi connectivity index (χ2v) is 12.9. The van der Waals surface area contributed by atoms with Crippen LogP contribution in [0.3, 0.4) is 0 Å². The van der Waals surface area contributed by atoms with Crippen molar-refractivity contribution in [1.82, 2.24) is 25.5 Å². The molecule has 0 bridgehead atoms. The first-order valence-electron chi connectivity index (χ1n) is 16.4. The molecule has 3 aromatic carbocycles. The van der Waals surface area contributed by atoms with Crippen LogP contribution in [0, 0.1) is 0 Å². The van der Waals surface area contributed by atoms with Crippen molar-refractivity contribution in [3.8, 4) is 0 Å². The second-order valence-electron chi connectivity index (χ2n) is 12.9. The highest BCUT2D eigenvalue weighted by Gasteiger charge is 2.47. The molecule has 1 aliphatic carbocycles. The maximum atomic E-state index is 13.1. The molecule has 9 heteroatoms. The zero-order valence-electron chi connectivity index (χ0n) is 27.6. The molecule has 1 aromatic heterocycles. The van der Waals surface area contributed by atoms with E-state index in [1.54, 1.807) is 6.92 Å². The molecular weight excluding hydrogens is 590 g/mol. The Morgan fingerprint density at radius 2 is 1.45 bits per heavy atom. The molecule has 47 heavy (non-hydrogen) atoms. The number of alkyl carbamates (subject to hydrolysis) is 1. The number of fused-ring (bicyclic) bond motifs is 2. The third kappa shape index (κ3) is 6.40. The molecule has 0 atom stereocenters. The molecule has 4 aromatic rings. The Morgan fingerprint density at radius 1 is 0.872 bits per heavy atom. The van der Waals surface area contributed by atoms with Crippen LogP contribution in [0.4, 0.5) is 4.79 Å². The number of carbonyl (C=O) groups excluding carboxylic acids is 2. The van der Waals surface area contributed by atoms with Crippen LogP contribution in [0.5, 0.6) is 0 Å². The molecule has 2 aliphatic rings. The fourth-order valence-corrected chi connectivity index (χ4v) is 6.74. The lowest BCUT2D eigenvalue weighted by Gasteiger charge is -2.43. The van der Waals surface area contributed by atoms with Crippen LogP contribution in [-0.2, 0) is 28.0 Å². The maximum Gasteiger partial charge on any atom is 0.407 e. The highest BCUT2D eigenvalue weighted by Crippen LogP contribution is 2.46. The Morgan fingerprint density at radius 3 is 1.98 bits per heavy atom. The van der Waals surface area contributed by atoms with Crippen LogP contribution >= 0.6 is 0 Å². The summed E-state index contributed by atoms with van der Waals surface area (Å²) in [4.78, 5) is 25.4. The largest absolute Gasteiger partial charge is 0.461 e. The SMILES string of the molecule is CCOC(=O)c1nn(CCCNC(=O)OC(C)(C)C)c2c1CCC1=C2CN(C(c2ccccc2)(c2ccccc2)c2ccccc2)N1. The van der Waals surface area contributed by atoms with E-state index >= 15 is 0 Å². The van der Waals surface area contributed by atoms with Crippen LogP contribution in [0.25, 0.3) is 5.57 Å². The highest BCUT2D eigenvalue weighted by atomic mass is 16.6. The minimum Gasteiger partial charge on any atom is -0.461 e. The molecule has 6 rings (SSSR count). The van der Waals surface area contributed by atoms with Gasteiger partial charge in [-0.25, -0.2) is 9.59 Å². The summed E-state index contributed by atoms with van der Waals surface area (Å²) >= 11 is 0. The van der Waals surface area contributed by atoms with Gasteiger partial charge in [-0.15, -0.1) is 0 Å². The lowest BCUT2D eigenvalue weighted by atomic mass is 9.76. The molecule has 0 fully saturated rings. The average molecular weight is 634 g/mol. The minimum atomic E-state index is -0.659. The molecule has 0 saturated heterocycles. The standard InChI is InChI=1S/C38H43N5O4/c1-5-46-35(44)33-30-22-23-32-31(34(30)42(41-33)25-15-24-39-36(45)47-37(2,3)4)26-43(40-32)38(27-16-9-6-10-17-27,28-18-11-7-12-19-28)29-20-13-8-14-21-29/h6-14,16-21,40H,5,15,22-26H2,1-4H3,(H,39,45). The molecule has 2 N–H and O–H groups in total. The van der Waals surface area contributed by atoms with Gasteiger partial charge in [0.1, 0.15) is 11.1 Å². The van der Waals surface area contributed by atoms with Crippen LogP contribution in [0.1, 0.15) is 79.0 Å². The number of ether oxygens (including phenoxy) is 2. The number of nitrogens with zero attached hydrogens (tertiary/aromatic N) is 3. The average Bonchev–Trinajstić information content (AvgIpc) is 3.66. The summed E-state index contributed by atoms with van der Waals surface area (Å²) in [5, 5.41) is 10.00. The van der Waals surface area contributed by atoms with Crippen LogP contribution in [-0.4, -0.2) is 52.1 Å². The van der Waals surface area contributed by atoms with Gasteiger partial charge in [0, 0.05) is 36.5 Å². The van der Waals surface area contributed by atoms with Gasteiger partial charge >= 0.3 is 12.1 Å². The summed E-state index contributed by atoms with van der Waals surface area (Å²) in [5.74, 6) is -0.409. The third-order valence-corrected chi connectivity index (χ3v) is 8.58. The molecule has 0 radical (unpaired) electrons. The van der Waals surface area contributed by atoms with E-state index in [1.165, 1.54) is 0 Å². The van der Waals surface area contributed by atoms with Gasteiger partial charge in [-0.05, 0) is 63.6 Å². The number of hydrogen-bond acceptors (Lipinski definition) is 7. The smallest absolute Gasteiger partial charge is 0.407 e. The zero-order chi connectivity index (χ0) is 33.0. The van der Waals surface area contributed by atoms with Gasteiger partial charge in [0.25, 0.3) is 0 Å². The molecule has 244 valence electrons. The van der Waals surface area contributed by atoms with Crippen molar-refractivity contribution in [1.29, 1.82) is 0 Å². The zero-order valence-corrected chi connectivity index (χ0v) is 27.6. The van der Waals surface area contributed by atoms with E-state index in [9.17, 15) is 9.59 Å². The number of benzene rings is 3. The molecule has 0 unspecified atom stereocenters. The molecule has 0 saturated carbocycles. The van der Waals surface area contributed by atoms with Crippen molar-refractivity contribution in [2.45, 2.75) is 64.6 Å². The predicted molar refractivity (Wildman–Crippen MR) is 181 cm³/mol. The van der Waals surface area contributed by atoms with Gasteiger partial charge in [0.15, 0.2) is 5.69 Å².